The van der Waals surface area contributed by atoms with Gasteiger partial charge in [0.15, 0.2) is 17.7 Å². The predicted octanol–water partition coefficient (Wildman–Crippen LogP) is 3.61. The molecule has 0 unspecified atom stereocenters. The highest BCUT2D eigenvalue weighted by Gasteiger charge is 2.18. The van der Waals surface area contributed by atoms with E-state index in [4.69, 9.17) is 4.74 Å². The van der Waals surface area contributed by atoms with Gasteiger partial charge in [-0.25, -0.2) is 13.2 Å². The van der Waals surface area contributed by atoms with E-state index in [9.17, 15) is 22.8 Å². The number of esters is 1. The van der Waals surface area contributed by atoms with Gasteiger partial charge in [-0.3, -0.25) is 9.59 Å². The molecule has 2 aromatic carbocycles. The van der Waals surface area contributed by atoms with Crippen LogP contribution in [0.5, 0.6) is 0 Å². The summed E-state index contributed by atoms with van der Waals surface area (Å²) in [5.74, 6) is -3.92. The number of nitrogens with one attached hydrogen (secondary N) is 1. The molecule has 2 aromatic rings. The lowest BCUT2D eigenvalue weighted by atomic mass is 10.1. The number of ether oxygens (including phenoxy) is 1. The van der Waals surface area contributed by atoms with Crippen LogP contribution < -0.4 is 5.32 Å². The molecule has 0 spiro atoms. The summed E-state index contributed by atoms with van der Waals surface area (Å²) in [7, 11) is 0. The Balaban J connectivity index is 1.84. The number of hydrogen-bond donors (Lipinski definition) is 1. The van der Waals surface area contributed by atoms with E-state index in [1.54, 1.807) is 18.2 Å². The van der Waals surface area contributed by atoms with Crippen LogP contribution in [0, 0.1) is 17.5 Å². The summed E-state index contributed by atoms with van der Waals surface area (Å²) in [5.41, 5.74) is 0.413. The molecular weight excluding hydrogens is 335 g/mol. The van der Waals surface area contributed by atoms with Gasteiger partial charge in [0.25, 0.3) is 5.91 Å². The van der Waals surface area contributed by atoms with Gasteiger partial charge in [-0.1, -0.05) is 18.2 Å². The molecule has 0 radical (unpaired) electrons. The Kier molecular flexibility index (Phi) is 6.16. The summed E-state index contributed by atoms with van der Waals surface area (Å²) in [6.07, 6.45) is -1.09. The highest BCUT2D eigenvalue weighted by Crippen LogP contribution is 2.14. The van der Waals surface area contributed by atoms with E-state index in [-0.39, 0.29) is 18.5 Å². The first-order chi connectivity index (χ1) is 11.9. The summed E-state index contributed by atoms with van der Waals surface area (Å²) >= 11 is 0. The molecule has 4 nitrogen and oxygen atoms in total. The van der Waals surface area contributed by atoms with Crippen molar-refractivity contribution in [2.75, 3.05) is 5.32 Å². The van der Waals surface area contributed by atoms with Gasteiger partial charge in [0.05, 0.1) is 0 Å². The minimum Gasteiger partial charge on any atom is -0.453 e. The molecule has 25 heavy (non-hydrogen) atoms. The molecule has 132 valence electrons. The molecule has 2 rings (SSSR count). The Morgan fingerprint density at radius 3 is 2.44 bits per heavy atom. The van der Waals surface area contributed by atoms with Crippen LogP contribution in [0.15, 0.2) is 42.5 Å². The van der Waals surface area contributed by atoms with Crippen LogP contribution in [0.3, 0.4) is 0 Å². The summed E-state index contributed by atoms with van der Waals surface area (Å²) in [5, 5.41) is 2.32. The second-order valence-corrected chi connectivity index (χ2v) is 5.34. The third-order valence-electron chi connectivity index (χ3n) is 3.42. The van der Waals surface area contributed by atoms with Gasteiger partial charge in [0.1, 0.15) is 5.82 Å². The quantitative estimate of drug-likeness (QED) is 0.809. The Morgan fingerprint density at radius 1 is 1.04 bits per heavy atom. The Labute approximate surface area is 142 Å². The normalized spacial score (nSPS) is 11.7. The largest absolute Gasteiger partial charge is 0.453 e. The van der Waals surface area contributed by atoms with Crippen molar-refractivity contribution < 1.29 is 27.5 Å². The monoisotopic (exact) mass is 351 g/mol. The third kappa shape index (κ3) is 5.34. The first kappa shape index (κ1) is 18.5. The average Bonchev–Trinajstić information content (AvgIpc) is 2.57. The zero-order chi connectivity index (χ0) is 18.4. The number of rotatable bonds is 6. The molecule has 0 fully saturated rings. The molecule has 0 aliphatic heterocycles. The lowest BCUT2D eigenvalue weighted by Crippen LogP contribution is -2.30. The van der Waals surface area contributed by atoms with Gasteiger partial charge in [0.2, 0.25) is 0 Å². The summed E-state index contributed by atoms with van der Waals surface area (Å²) in [4.78, 5) is 23.7. The van der Waals surface area contributed by atoms with Gasteiger partial charge in [-0.05, 0) is 37.1 Å². The molecule has 1 N–H and O–H groups in total. The smallest absolute Gasteiger partial charge is 0.306 e. The topological polar surface area (TPSA) is 55.4 Å². The lowest BCUT2D eigenvalue weighted by molar-refractivity contribution is -0.153. The van der Waals surface area contributed by atoms with Crippen molar-refractivity contribution in [2.45, 2.75) is 25.9 Å². The maximum atomic E-state index is 13.5. The van der Waals surface area contributed by atoms with Crippen molar-refractivity contribution in [1.29, 1.82) is 0 Å². The molecule has 0 aromatic heterocycles. The summed E-state index contributed by atoms with van der Waals surface area (Å²) in [6.45, 7) is 1.34. The molecule has 0 heterocycles. The molecule has 1 atom stereocenters. The Hall–Kier alpha value is -2.83. The average molecular weight is 351 g/mol. The van der Waals surface area contributed by atoms with Crippen molar-refractivity contribution in [2.24, 2.45) is 0 Å². The number of amides is 1. The maximum absolute atomic E-state index is 13.5. The van der Waals surface area contributed by atoms with Crippen LogP contribution in [0.4, 0.5) is 18.9 Å². The number of carbonyl (C=O) groups is 2. The van der Waals surface area contributed by atoms with Crippen LogP contribution in [0.25, 0.3) is 0 Å². The molecule has 1 amide bonds. The predicted molar refractivity (Wildman–Crippen MR) is 85.3 cm³/mol. The number of hydrogen-bond acceptors (Lipinski definition) is 3. The first-order valence-corrected chi connectivity index (χ1v) is 7.55. The number of halogens is 3. The minimum atomic E-state index is -1.14. The van der Waals surface area contributed by atoms with Crippen LogP contribution in [0.2, 0.25) is 0 Å². The first-order valence-electron chi connectivity index (χ1n) is 7.55. The van der Waals surface area contributed by atoms with E-state index >= 15 is 0 Å². The van der Waals surface area contributed by atoms with E-state index < -0.39 is 35.4 Å². The van der Waals surface area contributed by atoms with Crippen molar-refractivity contribution in [3.8, 4) is 0 Å². The number of carbonyl (C=O) groups excluding carboxylic acids is 2. The van der Waals surface area contributed by atoms with Crippen molar-refractivity contribution in [3.63, 3.8) is 0 Å². The van der Waals surface area contributed by atoms with E-state index in [1.165, 1.54) is 19.1 Å². The lowest BCUT2D eigenvalue weighted by Gasteiger charge is -2.13. The second-order valence-electron chi connectivity index (χ2n) is 5.34. The van der Waals surface area contributed by atoms with Crippen LogP contribution in [-0.4, -0.2) is 18.0 Å². The fourth-order valence-electron chi connectivity index (χ4n) is 2.07. The van der Waals surface area contributed by atoms with E-state index in [0.29, 0.717) is 5.56 Å². The van der Waals surface area contributed by atoms with Crippen LogP contribution in [0.1, 0.15) is 18.9 Å². The molecule has 0 aliphatic carbocycles. The number of benzene rings is 2. The fraction of sp³-hybridized carbons (Fsp3) is 0.222. The van der Waals surface area contributed by atoms with Crippen molar-refractivity contribution >= 4 is 17.6 Å². The van der Waals surface area contributed by atoms with E-state index in [0.717, 1.165) is 12.1 Å². The zero-order valence-corrected chi connectivity index (χ0v) is 13.4. The van der Waals surface area contributed by atoms with E-state index in [1.807, 2.05) is 0 Å². The zero-order valence-electron chi connectivity index (χ0n) is 13.4. The van der Waals surface area contributed by atoms with Crippen LogP contribution >= 0.6 is 0 Å². The minimum absolute atomic E-state index is 0.0400. The third-order valence-corrected chi connectivity index (χ3v) is 3.42. The molecular formula is C18H16F3NO3. The van der Waals surface area contributed by atoms with Crippen molar-refractivity contribution in [1.82, 2.24) is 0 Å². The van der Waals surface area contributed by atoms with Crippen molar-refractivity contribution in [3.05, 3.63) is 65.5 Å². The van der Waals surface area contributed by atoms with Gasteiger partial charge in [0, 0.05) is 18.2 Å². The molecule has 0 saturated heterocycles. The van der Waals surface area contributed by atoms with Gasteiger partial charge >= 0.3 is 5.97 Å². The van der Waals surface area contributed by atoms with Gasteiger partial charge in [-0.15, -0.1) is 0 Å². The summed E-state index contributed by atoms with van der Waals surface area (Å²) in [6, 6.07) is 8.92. The fourth-order valence-corrected chi connectivity index (χ4v) is 2.07. The van der Waals surface area contributed by atoms with E-state index in [2.05, 4.69) is 5.32 Å². The SMILES string of the molecule is C[C@@H](OC(=O)CCc1ccccc1F)C(=O)Nc1ccc(F)c(F)c1. The molecule has 0 bridgehead atoms. The molecule has 7 heteroatoms. The number of anilines is 1. The van der Waals surface area contributed by atoms with Crippen LogP contribution in [-0.2, 0) is 20.7 Å². The highest BCUT2D eigenvalue weighted by molar-refractivity contribution is 5.95. The Bertz CT molecular complexity index is 780. The standard InChI is InChI=1S/C18H16F3NO3/c1-11(18(24)22-13-7-8-15(20)16(21)10-13)25-17(23)9-6-12-4-2-3-5-14(12)19/h2-5,7-8,10-11H,6,9H2,1H3,(H,22,24)/t11-/m1/s1. The van der Waals surface area contributed by atoms with Gasteiger partial charge < -0.3 is 10.1 Å². The second kappa shape index (κ2) is 8.32. The number of aryl methyl sites for hydroxylation is 1. The maximum Gasteiger partial charge on any atom is 0.306 e. The van der Waals surface area contributed by atoms with Gasteiger partial charge in [-0.2, -0.15) is 0 Å². The molecule has 0 saturated carbocycles. The summed E-state index contributed by atoms with van der Waals surface area (Å²) < 4.78 is 44.3. The molecule has 0 aliphatic rings. The highest BCUT2D eigenvalue weighted by atomic mass is 19.2. The Morgan fingerprint density at radius 2 is 1.76 bits per heavy atom.